The number of anilines is 1. The van der Waals surface area contributed by atoms with Crippen LogP contribution in [0.25, 0.3) is 22.5 Å². The topological polar surface area (TPSA) is 89.5 Å². The molecular weight excluding hydrogens is 462 g/mol. The zero-order chi connectivity index (χ0) is 23.9. The van der Waals surface area contributed by atoms with Gasteiger partial charge in [-0.1, -0.05) is 17.7 Å². The number of benzene rings is 1. The van der Waals surface area contributed by atoms with E-state index >= 15 is 0 Å². The Kier molecular flexibility index (Phi) is 5.45. The summed E-state index contributed by atoms with van der Waals surface area (Å²) in [6, 6.07) is 7.59. The first-order valence-electron chi connectivity index (χ1n) is 11.7. The molecule has 6 rings (SSSR count). The molecular formula is C26H24ClN7O. The van der Waals surface area contributed by atoms with Crippen LogP contribution in [0.5, 0.6) is 0 Å². The number of carbonyl (C=O) groups is 1. The molecule has 4 aromatic rings. The number of nitrogens with zero attached hydrogens (tertiary/aromatic N) is 6. The van der Waals surface area contributed by atoms with Gasteiger partial charge in [-0.3, -0.25) is 18.9 Å². The third kappa shape index (κ3) is 4.25. The number of hydrogen-bond acceptors (Lipinski definition) is 6. The number of imidazole rings is 1. The number of aromatic nitrogens is 5. The quantitative estimate of drug-likeness (QED) is 0.360. The Hall–Kier alpha value is -3.78. The maximum atomic E-state index is 12.6. The molecule has 0 bridgehead atoms. The molecule has 35 heavy (non-hydrogen) atoms. The van der Waals surface area contributed by atoms with Crippen molar-refractivity contribution >= 4 is 40.6 Å². The van der Waals surface area contributed by atoms with Gasteiger partial charge in [-0.2, -0.15) is 5.10 Å². The van der Waals surface area contributed by atoms with Crippen molar-refractivity contribution in [3.8, 4) is 11.3 Å². The zero-order valence-electron chi connectivity index (χ0n) is 19.3. The van der Waals surface area contributed by atoms with Crippen molar-refractivity contribution in [2.75, 3.05) is 11.9 Å². The molecule has 1 fully saturated rings. The van der Waals surface area contributed by atoms with E-state index in [2.05, 4.69) is 20.4 Å². The van der Waals surface area contributed by atoms with Crippen molar-refractivity contribution < 1.29 is 4.79 Å². The first kappa shape index (κ1) is 21.7. The van der Waals surface area contributed by atoms with Crippen LogP contribution in [0.4, 0.5) is 5.82 Å². The number of aryl methyl sites for hydroxylation is 1. The molecule has 2 aliphatic rings. The second kappa shape index (κ2) is 8.78. The highest BCUT2D eigenvalue weighted by atomic mass is 35.5. The predicted octanol–water partition coefficient (Wildman–Crippen LogP) is 4.85. The molecule has 1 saturated carbocycles. The Morgan fingerprint density at radius 3 is 2.86 bits per heavy atom. The maximum absolute atomic E-state index is 12.6. The largest absolute Gasteiger partial charge is 0.361 e. The SMILES string of the molecule is Cn1nccc1CNc1nc(C2=CC=NC2)cn2c(-c3ccc(C(=O)CC4CC4)c(Cl)c3)cnc12. The molecule has 0 atom stereocenters. The van der Waals surface area contributed by atoms with E-state index in [1.54, 1.807) is 12.4 Å². The second-order valence-corrected chi connectivity index (χ2v) is 9.47. The van der Waals surface area contributed by atoms with E-state index in [1.165, 1.54) is 0 Å². The van der Waals surface area contributed by atoms with Gasteiger partial charge in [0.15, 0.2) is 17.2 Å². The summed E-state index contributed by atoms with van der Waals surface area (Å²) in [5.74, 6) is 1.31. The summed E-state index contributed by atoms with van der Waals surface area (Å²) in [4.78, 5) is 26.5. The number of fused-ring (bicyclic) bond motifs is 1. The van der Waals surface area contributed by atoms with Gasteiger partial charge in [0, 0.05) is 48.8 Å². The lowest BCUT2D eigenvalue weighted by Gasteiger charge is -2.12. The number of hydrogen-bond donors (Lipinski definition) is 1. The van der Waals surface area contributed by atoms with Crippen molar-refractivity contribution in [1.29, 1.82) is 0 Å². The Labute approximate surface area is 207 Å². The summed E-state index contributed by atoms with van der Waals surface area (Å²) in [7, 11) is 1.91. The van der Waals surface area contributed by atoms with Crippen LogP contribution in [-0.4, -0.2) is 42.7 Å². The second-order valence-electron chi connectivity index (χ2n) is 9.06. The lowest BCUT2D eigenvalue weighted by atomic mass is 10.0. The van der Waals surface area contributed by atoms with Crippen LogP contribution in [0.3, 0.4) is 0 Å². The fraction of sp³-hybridized carbons (Fsp3) is 0.269. The lowest BCUT2D eigenvalue weighted by molar-refractivity contribution is 0.0976. The average Bonchev–Trinajstić information content (AvgIpc) is 3.22. The van der Waals surface area contributed by atoms with Gasteiger partial charge in [-0.05, 0) is 43.0 Å². The van der Waals surface area contributed by atoms with Crippen molar-refractivity contribution in [3.05, 3.63) is 70.9 Å². The van der Waals surface area contributed by atoms with Crippen molar-refractivity contribution in [2.45, 2.75) is 25.8 Å². The normalized spacial score (nSPS) is 15.1. The number of carbonyl (C=O) groups excluding carboxylic acids is 1. The number of halogens is 1. The molecule has 3 aromatic heterocycles. The van der Waals surface area contributed by atoms with Gasteiger partial charge >= 0.3 is 0 Å². The Balaban J connectivity index is 1.39. The number of Topliss-reactive ketones (excluding diaryl/α,β-unsaturated/α-hetero) is 1. The van der Waals surface area contributed by atoms with Crippen LogP contribution in [0, 0.1) is 5.92 Å². The van der Waals surface area contributed by atoms with Crippen molar-refractivity contribution in [2.24, 2.45) is 18.0 Å². The summed E-state index contributed by atoms with van der Waals surface area (Å²) in [6.45, 7) is 1.15. The Morgan fingerprint density at radius 1 is 1.26 bits per heavy atom. The number of allylic oxidation sites excluding steroid dienone is 1. The minimum Gasteiger partial charge on any atom is -0.361 e. The van der Waals surface area contributed by atoms with Gasteiger partial charge in [0.1, 0.15) is 0 Å². The molecule has 0 unspecified atom stereocenters. The van der Waals surface area contributed by atoms with E-state index in [1.807, 2.05) is 58.9 Å². The number of rotatable bonds is 8. The van der Waals surface area contributed by atoms with Crippen LogP contribution in [-0.2, 0) is 13.6 Å². The van der Waals surface area contributed by atoms with Crippen molar-refractivity contribution in [3.63, 3.8) is 0 Å². The number of nitrogens with one attached hydrogen (secondary N) is 1. The molecule has 4 heterocycles. The highest BCUT2D eigenvalue weighted by molar-refractivity contribution is 6.34. The van der Waals surface area contributed by atoms with E-state index in [-0.39, 0.29) is 5.78 Å². The van der Waals surface area contributed by atoms with Crippen molar-refractivity contribution in [1.82, 2.24) is 24.1 Å². The van der Waals surface area contributed by atoms with Crippen LogP contribution < -0.4 is 5.32 Å². The molecule has 8 nitrogen and oxygen atoms in total. The molecule has 1 aliphatic heterocycles. The van der Waals surface area contributed by atoms with Gasteiger partial charge in [-0.25, -0.2) is 9.97 Å². The summed E-state index contributed by atoms with van der Waals surface area (Å²) >= 11 is 6.57. The summed E-state index contributed by atoms with van der Waals surface area (Å²) in [5.41, 5.74) is 5.94. The Bertz CT molecular complexity index is 1510. The van der Waals surface area contributed by atoms with E-state index < -0.39 is 0 Å². The molecule has 176 valence electrons. The molecule has 0 amide bonds. The highest BCUT2D eigenvalue weighted by Gasteiger charge is 2.26. The van der Waals surface area contributed by atoms with Crippen LogP contribution in [0.15, 0.2) is 53.9 Å². The van der Waals surface area contributed by atoms with Crippen LogP contribution in [0.1, 0.15) is 41.0 Å². The summed E-state index contributed by atoms with van der Waals surface area (Å²) in [5, 5.41) is 8.13. The summed E-state index contributed by atoms with van der Waals surface area (Å²) < 4.78 is 3.84. The van der Waals surface area contributed by atoms with Gasteiger partial charge in [-0.15, -0.1) is 0 Å². The fourth-order valence-electron chi connectivity index (χ4n) is 4.33. The first-order chi connectivity index (χ1) is 17.1. The summed E-state index contributed by atoms with van der Waals surface area (Å²) in [6.07, 6.45) is 12.2. The first-order valence-corrected chi connectivity index (χ1v) is 12.1. The monoisotopic (exact) mass is 485 g/mol. The molecule has 1 aromatic carbocycles. The van der Waals surface area contributed by atoms with Gasteiger partial charge < -0.3 is 5.32 Å². The zero-order valence-corrected chi connectivity index (χ0v) is 20.0. The predicted molar refractivity (Wildman–Crippen MR) is 137 cm³/mol. The van der Waals surface area contributed by atoms with E-state index in [0.29, 0.717) is 47.5 Å². The standard InChI is InChI=1S/C26H24ClN7O/c1-33-19(7-9-31-33)13-29-25-26-30-14-23(34(26)15-22(32-25)18-6-8-28-12-18)17-4-5-20(21(27)11-17)24(35)10-16-2-3-16/h4-9,11,14-16H,2-3,10,12-13H2,1H3,(H,29,32). The molecule has 0 spiro atoms. The molecule has 1 N–H and O–H groups in total. The van der Waals surface area contributed by atoms with Gasteiger partial charge in [0.05, 0.1) is 41.4 Å². The van der Waals surface area contributed by atoms with Gasteiger partial charge in [0.25, 0.3) is 0 Å². The van der Waals surface area contributed by atoms with E-state index in [4.69, 9.17) is 16.6 Å². The smallest absolute Gasteiger partial charge is 0.180 e. The third-order valence-electron chi connectivity index (χ3n) is 6.56. The third-order valence-corrected chi connectivity index (χ3v) is 6.87. The lowest BCUT2D eigenvalue weighted by Crippen LogP contribution is -2.09. The minimum absolute atomic E-state index is 0.114. The average molecular weight is 486 g/mol. The Morgan fingerprint density at radius 2 is 2.14 bits per heavy atom. The van der Waals surface area contributed by atoms with E-state index in [0.717, 1.165) is 41.1 Å². The highest BCUT2D eigenvalue weighted by Crippen LogP contribution is 2.35. The van der Waals surface area contributed by atoms with Crippen LogP contribution in [0.2, 0.25) is 5.02 Å². The number of ketones is 1. The maximum Gasteiger partial charge on any atom is 0.180 e. The fourth-order valence-corrected chi connectivity index (χ4v) is 4.62. The molecule has 0 radical (unpaired) electrons. The van der Waals surface area contributed by atoms with E-state index in [9.17, 15) is 4.79 Å². The van der Waals surface area contributed by atoms with Gasteiger partial charge in [0.2, 0.25) is 0 Å². The minimum atomic E-state index is 0.114. The number of aliphatic imine (C=N–C) groups is 1. The molecule has 1 aliphatic carbocycles. The molecule has 9 heteroatoms. The van der Waals surface area contributed by atoms with Crippen LogP contribution >= 0.6 is 11.6 Å². The molecule has 0 saturated heterocycles.